The Hall–Kier alpha value is -2.69. The Morgan fingerprint density at radius 2 is 1.70 bits per heavy atom. The summed E-state index contributed by atoms with van der Waals surface area (Å²) in [6.07, 6.45) is 11.4. The highest BCUT2D eigenvalue weighted by Gasteiger charge is 2.28. The van der Waals surface area contributed by atoms with Gasteiger partial charge in [-0.3, -0.25) is 14.6 Å². The molecule has 2 amide bonds. The second-order valence-electron chi connectivity index (χ2n) is 8.60. The highest BCUT2D eigenvalue weighted by molar-refractivity contribution is 5.94. The first kappa shape index (κ1) is 20.6. The summed E-state index contributed by atoms with van der Waals surface area (Å²) in [6, 6.07) is 12.1. The maximum absolute atomic E-state index is 12.9. The Balaban J connectivity index is 1.26. The zero-order valence-corrected chi connectivity index (χ0v) is 17.6. The van der Waals surface area contributed by atoms with Crippen LogP contribution in [-0.4, -0.2) is 34.8 Å². The summed E-state index contributed by atoms with van der Waals surface area (Å²) in [6.45, 7) is 1.77. The maximum Gasteiger partial charge on any atom is 0.253 e. The van der Waals surface area contributed by atoms with Gasteiger partial charge in [0.1, 0.15) is 0 Å². The summed E-state index contributed by atoms with van der Waals surface area (Å²) in [7, 11) is 0. The van der Waals surface area contributed by atoms with Crippen molar-refractivity contribution in [2.45, 2.75) is 57.4 Å². The van der Waals surface area contributed by atoms with E-state index in [-0.39, 0.29) is 17.7 Å². The number of rotatable bonds is 5. The van der Waals surface area contributed by atoms with Gasteiger partial charge in [0.05, 0.1) is 0 Å². The first-order valence-electron chi connectivity index (χ1n) is 11.3. The normalized spacial score (nSPS) is 18.2. The summed E-state index contributed by atoms with van der Waals surface area (Å²) < 4.78 is 0. The number of pyridine rings is 1. The van der Waals surface area contributed by atoms with Gasteiger partial charge in [-0.2, -0.15) is 0 Å². The second-order valence-corrected chi connectivity index (χ2v) is 8.60. The average Bonchev–Trinajstić information content (AvgIpc) is 2.83. The molecule has 4 rings (SSSR count). The van der Waals surface area contributed by atoms with Crippen molar-refractivity contribution >= 4 is 11.8 Å². The Morgan fingerprint density at radius 1 is 0.967 bits per heavy atom. The monoisotopic (exact) mass is 405 g/mol. The van der Waals surface area contributed by atoms with Crippen LogP contribution in [0.4, 0.5) is 0 Å². The van der Waals surface area contributed by atoms with E-state index in [4.69, 9.17) is 0 Å². The molecule has 0 unspecified atom stereocenters. The van der Waals surface area contributed by atoms with E-state index in [0.29, 0.717) is 38.4 Å². The van der Waals surface area contributed by atoms with Crippen molar-refractivity contribution < 1.29 is 9.59 Å². The molecule has 30 heavy (non-hydrogen) atoms. The lowest BCUT2D eigenvalue weighted by atomic mass is 9.84. The Labute approximate surface area is 178 Å². The zero-order valence-electron chi connectivity index (χ0n) is 17.6. The molecule has 1 aromatic heterocycles. The standard InChI is InChI=1S/C25H31N3O2/c29-24(27-18-19-5-4-14-26-17-19)22-12-15-28(16-13-22)25(30)23-10-8-21(9-11-23)20-6-2-1-3-7-20/h4-5,8-11,14,17,20,22H,1-3,6-7,12-13,15-16,18H2,(H,27,29). The smallest absolute Gasteiger partial charge is 0.253 e. The molecule has 5 nitrogen and oxygen atoms in total. The molecular formula is C25H31N3O2. The number of carbonyl (C=O) groups excluding carboxylic acids is 2. The molecule has 0 atom stereocenters. The third-order valence-electron chi connectivity index (χ3n) is 6.58. The molecule has 1 aliphatic heterocycles. The third-order valence-corrected chi connectivity index (χ3v) is 6.58. The minimum atomic E-state index is -0.0283. The van der Waals surface area contributed by atoms with Gasteiger partial charge < -0.3 is 10.2 Å². The average molecular weight is 406 g/mol. The predicted molar refractivity (Wildman–Crippen MR) is 117 cm³/mol. The van der Waals surface area contributed by atoms with Crippen molar-refractivity contribution in [2.24, 2.45) is 5.92 Å². The molecular weight excluding hydrogens is 374 g/mol. The van der Waals surface area contributed by atoms with Gasteiger partial charge in [-0.05, 0) is 60.9 Å². The van der Waals surface area contributed by atoms with Crippen LogP contribution in [0.3, 0.4) is 0 Å². The van der Waals surface area contributed by atoms with Crippen molar-refractivity contribution in [1.29, 1.82) is 0 Å². The number of hydrogen-bond acceptors (Lipinski definition) is 3. The topological polar surface area (TPSA) is 62.3 Å². The van der Waals surface area contributed by atoms with Gasteiger partial charge in [-0.25, -0.2) is 0 Å². The number of nitrogens with zero attached hydrogens (tertiary/aromatic N) is 2. The van der Waals surface area contributed by atoms with Crippen molar-refractivity contribution in [3.05, 3.63) is 65.5 Å². The van der Waals surface area contributed by atoms with E-state index in [9.17, 15) is 9.59 Å². The molecule has 5 heteroatoms. The largest absolute Gasteiger partial charge is 0.352 e. The minimum Gasteiger partial charge on any atom is -0.352 e. The Bertz CT molecular complexity index is 836. The Kier molecular flexibility index (Phi) is 6.77. The van der Waals surface area contributed by atoms with Crippen LogP contribution >= 0.6 is 0 Å². The molecule has 2 aliphatic rings. The molecule has 2 aromatic rings. The molecule has 1 saturated carbocycles. The summed E-state index contributed by atoms with van der Waals surface area (Å²) in [4.78, 5) is 31.3. The molecule has 0 spiro atoms. The summed E-state index contributed by atoms with van der Waals surface area (Å²) in [5.41, 5.74) is 3.12. The highest BCUT2D eigenvalue weighted by Crippen LogP contribution is 2.32. The molecule has 2 heterocycles. The van der Waals surface area contributed by atoms with E-state index < -0.39 is 0 Å². The van der Waals surface area contributed by atoms with Crippen LogP contribution < -0.4 is 5.32 Å². The van der Waals surface area contributed by atoms with Crippen LogP contribution in [0.5, 0.6) is 0 Å². The molecule has 0 bridgehead atoms. The fourth-order valence-corrected chi connectivity index (χ4v) is 4.70. The van der Waals surface area contributed by atoms with Gasteiger partial charge in [0.15, 0.2) is 0 Å². The van der Waals surface area contributed by atoms with Crippen molar-refractivity contribution in [3.63, 3.8) is 0 Å². The first-order valence-corrected chi connectivity index (χ1v) is 11.3. The summed E-state index contributed by atoms with van der Waals surface area (Å²) >= 11 is 0. The minimum absolute atomic E-state index is 0.0283. The SMILES string of the molecule is O=C(NCc1cccnc1)C1CCN(C(=O)c2ccc(C3CCCCC3)cc2)CC1. The number of piperidine rings is 1. The zero-order chi connectivity index (χ0) is 20.8. The summed E-state index contributed by atoms with van der Waals surface area (Å²) in [5.74, 6) is 0.783. The van der Waals surface area contributed by atoms with Crippen molar-refractivity contribution in [3.8, 4) is 0 Å². The quantitative estimate of drug-likeness (QED) is 0.807. The molecule has 1 aromatic carbocycles. The fourth-order valence-electron chi connectivity index (χ4n) is 4.70. The first-order chi connectivity index (χ1) is 14.7. The van der Waals surface area contributed by atoms with Gasteiger partial charge in [-0.15, -0.1) is 0 Å². The predicted octanol–water partition coefficient (Wildman–Crippen LogP) is 4.30. The van der Waals surface area contributed by atoms with Crippen LogP contribution in [0.15, 0.2) is 48.8 Å². The molecule has 1 N–H and O–H groups in total. The van der Waals surface area contributed by atoms with E-state index in [1.807, 2.05) is 29.2 Å². The van der Waals surface area contributed by atoms with Crippen molar-refractivity contribution in [2.75, 3.05) is 13.1 Å². The van der Waals surface area contributed by atoms with E-state index in [2.05, 4.69) is 22.4 Å². The highest BCUT2D eigenvalue weighted by atomic mass is 16.2. The van der Waals surface area contributed by atoms with Crippen LogP contribution in [-0.2, 0) is 11.3 Å². The van der Waals surface area contributed by atoms with Crippen LogP contribution in [0, 0.1) is 5.92 Å². The molecule has 158 valence electrons. The number of amides is 2. The number of aromatic nitrogens is 1. The number of nitrogens with one attached hydrogen (secondary N) is 1. The molecule has 1 saturated heterocycles. The van der Waals surface area contributed by atoms with E-state index in [1.54, 1.807) is 12.4 Å². The molecule has 1 aliphatic carbocycles. The van der Waals surface area contributed by atoms with E-state index in [1.165, 1.54) is 37.7 Å². The summed E-state index contributed by atoms with van der Waals surface area (Å²) in [5, 5.41) is 3.00. The van der Waals surface area contributed by atoms with E-state index in [0.717, 1.165) is 11.1 Å². The fraction of sp³-hybridized carbons (Fsp3) is 0.480. The lowest BCUT2D eigenvalue weighted by molar-refractivity contribution is -0.126. The number of likely N-dealkylation sites (tertiary alicyclic amines) is 1. The lowest BCUT2D eigenvalue weighted by Crippen LogP contribution is -2.42. The Morgan fingerprint density at radius 3 is 2.37 bits per heavy atom. The maximum atomic E-state index is 12.9. The van der Waals surface area contributed by atoms with E-state index >= 15 is 0 Å². The van der Waals surface area contributed by atoms with Crippen LogP contribution in [0.25, 0.3) is 0 Å². The second kappa shape index (κ2) is 9.88. The molecule has 2 fully saturated rings. The number of hydrogen-bond donors (Lipinski definition) is 1. The number of benzene rings is 1. The molecule has 0 radical (unpaired) electrons. The van der Waals surface area contributed by atoms with Crippen LogP contribution in [0.2, 0.25) is 0 Å². The van der Waals surface area contributed by atoms with Gasteiger partial charge in [-0.1, -0.05) is 37.5 Å². The van der Waals surface area contributed by atoms with Gasteiger partial charge in [0.2, 0.25) is 5.91 Å². The van der Waals surface area contributed by atoms with Crippen molar-refractivity contribution in [1.82, 2.24) is 15.2 Å². The third kappa shape index (κ3) is 5.07. The van der Waals surface area contributed by atoms with Gasteiger partial charge in [0, 0.05) is 43.5 Å². The van der Waals surface area contributed by atoms with Crippen LogP contribution in [0.1, 0.15) is 72.3 Å². The number of carbonyl (C=O) groups is 2. The van der Waals surface area contributed by atoms with Gasteiger partial charge in [0.25, 0.3) is 5.91 Å². The van der Waals surface area contributed by atoms with Gasteiger partial charge >= 0.3 is 0 Å². The lowest BCUT2D eigenvalue weighted by Gasteiger charge is -2.31.